The zero-order valence-electron chi connectivity index (χ0n) is 21.3. The Morgan fingerprint density at radius 2 is 1.59 bits per heavy atom. The molecular formula is C27H28BFN2O7S. The number of piperazine rings is 1. The molecule has 2 aliphatic rings. The van der Waals surface area contributed by atoms with Gasteiger partial charge in [0.05, 0.1) is 0 Å². The molecule has 0 atom stereocenters. The van der Waals surface area contributed by atoms with E-state index >= 15 is 0 Å². The van der Waals surface area contributed by atoms with Crippen LogP contribution in [0.4, 0.5) is 8.68 Å². The molecule has 1 aliphatic heterocycles. The lowest BCUT2D eigenvalue weighted by molar-refractivity contribution is 0.0728. The van der Waals surface area contributed by atoms with Gasteiger partial charge in [0, 0.05) is 38.6 Å². The molecule has 12 heteroatoms. The predicted molar refractivity (Wildman–Crippen MR) is 144 cm³/mol. The van der Waals surface area contributed by atoms with Crippen LogP contribution in [0.5, 0.6) is 5.75 Å². The zero-order chi connectivity index (χ0) is 27.7. The maximum Gasteiger partial charge on any atom is 0.488 e. The van der Waals surface area contributed by atoms with Crippen LogP contribution in [0.1, 0.15) is 28.2 Å². The Kier molecular flexibility index (Phi) is 7.63. The second-order valence-electron chi connectivity index (χ2n) is 9.73. The Balaban J connectivity index is 1.20. The number of ether oxygens (including phenoxy) is 1. The van der Waals surface area contributed by atoms with E-state index in [0.29, 0.717) is 38.3 Å². The van der Waals surface area contributed by atoms with E-state index in [1.165, 1.54) is 19.1 Å². The lowest BCUT2D eigenvalue weighted by Gasteiger charge is -2.34. The first kappa shape index (κ1) is 27.1. The van der Waals surface area contributed by atoms with Crippen molar-refractivity contribution in [3.63, 3.8) is 0 Å². The summed E-state index contributed by atoms with van der Waals surface area (Å²) >= 11 is 0. The molecule has 0 spiro atoms. The van der Waals surface area contributed by atoms with Crippen molar-refractivity contribution in [2.24, 2.45) is 0 Å². The van der Waals surface area contributed by atoms with Gasteiger partial charge >= 0.3 is 23.7 Å². The Bertz CT molecular complexity index is 1450. The van der Waals surface area contributed by atoms with Gasteiger partial charge in [0.15, 0.2) is 0 Å². The average molecular weight is 554 g/mol. The van der Waals surface area contributed by atoms with Crippen molar-refractivity contribution in [3.8, 4) is 16.9 Å². The maximum atomic E-state index is 13.2. The second-order valence-corrected chi connectivity index (χ2v) is 10.7. The van der Waals surface area contributed by atoms with Gasteiger partial charge < -0.3 is 23.9 Å². The topological polar surface area (TPSA) is 117 Å². The normalized spacial score (nSPS) is 15.5. The van der Waals surface area contributed by atoms with Crippen LogP contribution in [0.3, 0.4) is 0 Å². The molecule has 1 heterocycles. The Hall–Kier alpha value is -3.45. The van der Waals surface area contributed by atoms with Gasteiger partial charge in [-0.3, -0.25) is 4.90 Å². The van der Waals surface area contributed by atoms with Gasteiger partial charge in [-0.15, -0.1) is 0 Å². The molecule has 9 nitrogen and oxygen atoms in total. The molecule has 1 amide bonds. The summed E-state index contributed by atoms with van der Waals surface area (Å²) in [5, 5.41) is 19.4. The molecule has 204 valence electrons. The van der Waals surface area contributed by atoms with Crippen molar-refractivity contribution >= 4 is 29.2 Å². The van der Waals surface area contributed by atoms with Gasteiger partial charge in [-0.2, -0.15) is 8.42 Å². The summed E-state index contributed by atoms with van der Waals surface area (Å²) in [5.74, 6) is -0.333. The van der Waals surface area contributed by atoms with Gasteiger partial charge in [0.25, 0.3) is 0 Å². The van der Waals surface area contributed by atoms with E-state index in [9.17, 15) is 27.1 Å². The quantitative estimate of drug-likeness (QED) is 0.338. The van der Waals surface area contributed by atoms with Crippen molar-refractivity contribution < 1.29 is 36.1 Å². The summed E-state index contributed by atoms with van der Waals surface area (Å²) < 4.78 is 45.4. The van der Waals surface area contributed by atoms with Gasteiger partial charge in [-0.25, -0.2) is 4.79 Å². The molecule has 1 aliphatic carbocycles. The number of benzene rings is 3. The molecular weight excluding hydrogens is 526 g/mol. The smallest absolute Gasteiger partial charge is 0.448 e. The van der Waals surface area contributed by atoms with E-state index < -0.39 is 17.6 Å². The van der Waals surface area contributed by atoms with Crippen molar-refractivity contribution in [2.45, 2.75) is 19.4 Å². The molecule has 0 aromatic heterocycles. The van der Waals surface area contributed by atoms with Crippen LogP contribution >= 0.6 is 0 Å². The predicted octanol–water partition coefficient (Wildman–Crippen LogP) is 2.33. The molecule has 1 fully saturated rings. The fourth-order valence-corrected chi connectivity index (χ4v) is 5.74. The molecule has 0 bridgehead atoms. The minimum atomic E-state index is -5.29. The van der Waals surface area contributed by atoms with Crippen LogP contribution in [-0.4, -0.2) is 74.3 Å². The average Bonchev–Trinajstić information content (AvgIpc) is 3.22. The van der Waals surface area contributed by atoms with Crippen LogP contribution in [0.2, 0.25) is 0 Å². The Morgan fingerprint density at radius 1 is 1.00 bits per heavy atom. The summed E-state index contributed by atoms with van der Waals surface area (Å²) in [4.78, 5) is 16.6. The monoisotopic (exact) mass is 554 g/mol. The molecule has 2 N–H and O–H groups in total. The third kappa shape index (κ3) is 5.93. The van der Waals surface area contributed by atoms with Crippen LogP contribution in [0.25, 0.3) is 11.1 Å². The number of hydrogen-bond donors (Lipinski definition) is 2. The van der Waals surface area contributed by atoms with Gasteiger partial charge in [0.2, 0.25) is 0 Å². The molecule has 1 saturated heterocycles. The molecule has 0 saturated carbocycles. The first-order chi connectivity index (χ1) is 18.6. The fraction of sp³-hybridized carbons (Fsp3) is 0.296. The first-order valence-corrected chi connectivity index (χ1v) is 13.9. The van der Waals surface area contributed by atoms with E-state index in [1.54, 1.807) is 4.90 Å². The third-order valence-corrected chi connectivity index (χ3v) is 7.68. The van der Waals surface area contributed by atoms with E-state index in [1.807, 2.05) is 29.2 Å². The molecule has 3 aromatic carbocycles. The van der Waals surface area contributed by atoms with Crippen LogP contribution in [0, 0.1) is 6.92 Å². The minimum Gasteiger partial charge on any atom is -0.448 e. The van der Waals surface area contributed by atoms with E-state index in [4.69, 9.17) is 4.74 Å². The van der Waals surface area contributed by atoms with E-state index in [2.05, 4.69) is 28.4 Å². The largest absolute Gasteiger partial charge is 0.488 e. The van der Waals surface area contributed by atoms with Gasteiger partial charge in [-0.05, 0) is 51.8 Å². The van der Waals surface area contributed by atoms with Gasteiger partial charge in [-0.1, -0.05) is 58.5 Å². The van der Waals surface area contributed by atoms with Crippen molar-refractivity contribution in [1.82, 2.24) is 9.80 Å². The summed E-state index contributed by atoms with van der Waals surface area (Å²) in [6.45, 7) is 3.80. The standard InChI is InChI=1S/C27H28BFN2O7S/c1-18-25(28(33)34)14-19(15-26(18)38-39(29,35)36)16-30-10-12-31(13-11-30)27(32)37-17-24-22-8-4-2-6-20(22)21-7-3-5-9-23(21)24/h2-9,14-15,24,33-34H,10-13,16-17H2,1H3. The van der Waals surface area contributed by atoms with Crippen molar-refractivity contribution in [3.05, 3.63) is 82.9 Å². The SMILES string of the molecule is Cc1c(OS(=O)(=O)F)cc(CN2CCN(C(=O)OCC3c4ccccc4-c4ccccc43)CC2)cc1B(O)O. The fourth-order valence-electron chi connectivity index (χ4n) is 5.35. The van der Waals surface area contributed by atoms with Crippen LogP contribution in [0.15, 0.2) is 60.7 Å². The van der Waals surface area contributed by atoms with Crippen molar-refractivity contribution in [2.75, 3.05) is 32.8 Å². The van der Waals surface area contributed by atoms with Crippen molar-refractivity contribution in [1.29, 1.82) is 0 Å². The summed E-state index contributed by atoms with van der Waals surface area (Å²) in [5.41, 5.74) is 5.24. The number of carbonyl (C=O) groups is 1. The zero-order valence-corrected chi connectivity index (χ0v) is 22.1. The second kappa shape index (κ2) is 11.0. The third-order valence-electron chi connectivity index (χ3n) is 7.30. The first-order valence-electron chi connectivity index (χ1n) is 12.6. The number of halogens is 1. The number of rotatable bonds is 7. The number of hydrogen-bond acceptors (Lipinski definition) is 8. The number of nitrogens with zero attached hydrogens (tertiary/aromatic N) is 2. The number of amides is 1. The lowest BCUT2D eigenvalue weighted by atomic mass is 9.76. The maximum absolute atomic E-state index is 13.2. The Morgan fingerprint density at radius 3 is 2.15 bits per heavy atom. The van der Waals surface area contributed by atoms with Crippen LogP contribution < -0.4 is 9.65 Å². The molecule has 0 unspecified atom stereocenters. The summed E-state index contributed by atoms with van der Waals surface area (Å²) in [6.07, 6.45) is -0.388. The van der Waals surface area contributed by atoms with Gasteiger partial charge in [0.1, 0.15) is 12.4 Å². The van der Waals surface area contributed by atoms with Crippen LogP contribution in [-0.2, 0) is 21.8 Å². The molecule has 3 aromatic rings. The Labute approximate surface area is 227 Å². The highest BCUT2D eigenvalue weighted by molar-refractivity contribution is 7.81. The minimum absolute atomic E-state index is 0.0171. The lowest BCUT2D eigenvalue weighted by Crippen LogP contribution is -2.48. The summed E-state index contributed by atoms with van der Waals surface area (Å²) in [7, 11) is -7.18. The molecule has 39 heavy (non-hydrogen) atoms. The van der Waals surface area contributed by atoms with E-state index in [0.717, 1.165) is 22.3 Å². The summed E-state index contributed by atoms with van der Waals surface area (Å²) in [6, 6.07) is 19.2. The van der Waals surface area contributed by atoms with E-state index in [-0.39, 0.29) is 35.4 Å². The molecule has 5 rings (SSSR count). The highest BCUT2D eigenvalue weighted by Crippen LogP contribution is 2.44. The molecule has 0 radical (unpaired) electrons. The number of fused-ring (bicyclic) bond motifs is 3. The highest BCUT2D eigenvalue weighted by atomic mass is 32.3. The highest BCUT2D eigenvalue weighted by Gasteiger charge is 2.30. The number of carbonyl (C=O) groups excluding carboxylic acids is 1.